The lowest BCUT2D eigenvalue weighted by molar-refractivity contribution is 0.0663. The number of rotatable bonds is 6. The van der Waals surface area contributed by atoms with Gasteiger partial charge in [-0.15, -0.1) is 0 Å². The third kappa shape index (κ3) is 4.11. The number of ether oxygens (including phenoxy) is 1. The maximum Gasteiger partial charge on any atom is 0.142 e. The first-order valence-electron chi connectivity index (χ1n) is 7.94. The Labute approximate surface area is 128 Å². The second-order valence-electron chi connectivity index (χ2n) is 5.91. The minimum Gasteiger partial charge on any atom is -0.495 e. The predicted octanol–water partition coefficient (Wildman–Crippen LogP) is 2.22. The van der Waals surface area contributed by atoms with E-state index in [9.17, 15) is 5.11 Å². The normalized spacial score (nSPS) is 19.3. The molecule has 0 spiro atoms. The van der Waals surface area contributed by atoms with Crippen LogP contribution in [0.4, 0.5) is 5.69 Å². The molecule has 21 heavy (non-hydrogen) atoms. The van der Waals surface area contributed by atoms with Crippen molar-refractivity contribution in [2.45, 2.75) is 26.4 Å². The molecule has 0 bridgehead atoms. The van der Waals surface area contributed by atoms with Gasteiger partial charge in [0.15, 0.2) is 0 Å². The first kappa shape index (κ1) is 16.1. The smallest absolute Gasteiger partial charge is 0.142 e. The number of hydrogen-bond donors (Lipinski definition) is 1. The number of piperazine rings is 1. The van der Waals surface area contributed by atoms with Crippen LogP contribution in [0.2, 0.25) is 0 Å². The minimum absolute atomic E-state index is 0.215. The van der Waals surface area contributed by atoms with E-state index in [1.54, 1.807) is 7.11 Å². The summed E-state index contributed by atoms with van der Waals surface area (Å²) in [5.74, 6) is 1.31. The number of aliphatic hydroxyl groups is 1. The van der Waals surface area contributed by atoms with Crippen LogP contribution < -0.4 is 9.64 Å². The third-order valence-corrected chi connectivity index (χ3v) is 4.54. The molecule has 118 valence electrons. The Kier molecular flexibility index (Phi) is 5.88. The lowest BCUT2D eigenvalue weighted by Crippen LogP contribution is -2.49. The summed E-state index contributed by atoms with van der Waals surface area (Å²) >= 11 is 0. The van der Waals surface area contributed by atoms with Crippen LogP contribution in [-0.2, 0) is 0 Å². The second-order valence-corrected chi connectivity index (χ2v) is 5.91. The summed E-state index contributed by atoms with van der Waals surface area (Å²) in [7, 11) is 1.72. The van der Waals surface area contributed by atoms with Gasteiger partial charge in [-0.1, -0.05) is 32.4 Å². The molecule has 0 aliphatic carbocycles. The van der Waals surface area contributed by atoms with Crippen LogP contribution in [-0.4, -0.2) is 55.9 Å². The van der Waals surface area contributed by atoms with Gasteiger partial charge in [-0.05, 0) is 18.1 Å². The number of para-hydroxylation sites is 2. The Morgan fingerprint density at radius 3 is 2.48 bits per heavy atom. The van der Waals surface area contributed by atoms with Gasteiger partial charge in [0.2, 0.25) is 0 Å². The number of methoxy groups -OCH3 is 1. The van der Waals surface area contributed by atoms with Gasteiger partial charge in [0.1, 0.15) is 5.75 Å². The quantitative estimate of drug-likeness (QED) is 0.872. The van der Waals surface area contributed by atoms with Gasteiger partial charge in [-0.25, -0.2) is 0 Å². The molecular formula is C17H28N2O2. The lowest BCUT2D eigenvalue weighted by Gasteiger charge is -2.38. The van der Waals surface area contributed by atoms with Crippen molar-refractivity contribution in [2.75, 3.05) is 44.7 Å². The van der Waals surface area contributed by atoms with Crippen molar-refractivity contribution in [1.29, 1.82) is 0 Å². The van der Waals surface area contributed by atoms with E-state index in [-0.39, 0.29) is 6.10 Å². The molecule has 1 N–H and O–H groups in total. The lowest BCUT2D eigenvalue weighted by atomic mass is 10.0. The van der Waals surface area contributed by atoms with Crippen molar-refractivity contribution in [3.8, 4) is 5.75 Å². The number of β-amino-alcohol motifs (C(OH)–C–C–N with tert-alkyl or cyclic N) is 1. The molecule has 0 saturated carbocycles. The molecule has 4 heteroatoms. The third-order valence-electron chi connectivity index (χ3n) is 4.54. The summed E-state index contributed by atoms with van der Waals surface area (Å²) in [4.78, 5) is 4.73. The van der Waals surface area contributed by atoms with Crippen LogP contribution in [0.1, 0.15) is 20.3 Å². The van der Waals surface area contributed by atoms with Crippen molar-refractivity contribution < 1.29 is 9.84 Å². The van der Waals surface area contributed by atoms with Crippen LogP contribution in [0, 0.1) is 5.92 Å². The molecule has 1 aromatic carbocycles. The number of hydrogen-bond acceptors (Lipinski definition) is 4. The van der Waals surface area contributed by atoms with Gasteiger partial charge in [-0.2, -0.15) is 0 Å². The summed E-state index contributed by atoms with van der Waals surface area (Å²) in [6, 6.07) is 8.18. The Balaban J connectivity index is 1.88. The summed E-state index contributed by atoms with van der Waals surface area (Å²) in [6.45, 7) is 8.98. The SMILES string of the molecule is CCC(C)C(O)CN1CCN(c2ccccc2OC)CC1. The highest BCUT2D eigenvalue weighted by atomic mass is 16.5. The van der Waals surface area contributed by atoms with E-state index < -0.39 is 0 Å². The van der Waals surface area contributed by atoms with Gasteiger partial charge in [0.25, 0.3) is 0 Å². The Hall–Kier alpha value is -1.26. The van der Waals surface area contributed by atoms with Crippen LogP contribution in [0.15, 0.2) is 24.3 Å². The van der Waals surface area contributed by atoms with Gasteiger partial charge in [0.05, 0.1) is 18.9 Å². The Morgan fingerprint density at radius 1 is 1.19 bits per heavy atom. The van der Waals surface area contributed by atoms with Crippen molar-refractivity contribution in [2.24, 2.45) is 5.92 Å². The standard InChI is InChI=1S/C17H28N2O2/c1-4-14(2)16(20)13-18-9-11-19(12-10-18)15-7-5-6-8-17(15)21-3/h5-8,14,16,20H,4,9-13H2,1-3H3. The number of nitrogens with zero attached hydrogens (tertiary/aromatic N) is 2. The summed E-state index contributed by atoms with van der Waals surface area (Å²) in [5, 5.41) is 10.2. The second kappa shape index (κ2) is 7.66. The average molecular weight is 292 g/mol. The van der Waals surface area contributed by atoms with Crippen LogP contribution in [0.3, 0.4) is 0 Å². The molecular weight excluding hydrogens is 264 g/mol. The monoisotopic (exact) mass is 292 g/mol. The molecule has 2 unspecified atom stereocenters. The molecule has 4 nitrogen and oxygen atoms in total. The zero-order valence-corrected chi connectivity index (χ0v) is 13.5. The highest BCUT2D eigenvalue weighted by Crippen LogP contribution is 2.28. The maximum atomic E-state index is 10.2. The van der Waals surface area contributed by atoms with Crippen LogP contribution in [0.25, 0.3) is 0 Å². The van der Waals surface area contributed by atoms with E-state index in [0.29, 0.717) is 5.92 Å². The summed E-state index contributed by atoms with van der Waals surface area (Å²) in [6.07, 6.45) is 0.815. The molecule has 1 saturated heterocycles. The van der Waals surface area contributed by atoms with E-state index in [1.807, 2.05) is 12.1 Å². The zero-order chi connectivity index (χ0) is 15.2. The van der Waals surface area contributed by atoms with Gasteiger partial charge >= 0.3 is 0 Å². The minimum atomic E-state index is -0.215. The molecule has 1 heterocycles. The van der Waals surface area contributed by atoms with Crippen molar-refractivity contribution in [1.82, 2.24) is 4.90 Å². The molecule has 2 atom stereocenters. The van der Waals surface area contributed by atoms with E-state index >= 15 is 0 Å². The number of anilines is 1. The fraction of sp³-hybridized carbons (Fsp3) is 0.647. The molecule has 2 rings (SSSR count). The van der Waals surface area contributed by atoms with E-state index in [1.165, 1.54) is 5.69 Å². The number of benzene rings is 1. The first-order valence-corrected chi connectivity index (χ1v) is 7.94. The van der Waals surface area contributed by atoms with Crippen molar-refractivity contribution in [3.05, 3.63) is 24.3 Å². The van der Waals surface area contributed by atoms with Gasteiger partial charge in [0, 0.05) is 32.7 Å². The van der Waals surface area contributed by atoms with Crippen molar-refractivity contribution in [3.63, 3.8) is 0 Å². The van der Waals surface area contributed by atoms with Crippen LogP contribution in [0.5, 0.6) is 5.75 Å². The maximum absolute atomic E-state index is 10.2. The number of aliphatic hydroxyl groups excluding tert-OH is 1. The topological polar surface area (TPSA) is 35.9 Å². The van der Waals surface area contributed by atoms with Crippen LogP contribution >= 0.6 is 0 Å². The Bertz CT molecular complexity index is 431. The predicted molar refractivity (Wildman–Crippen MR) is 87.1 cm³/mol. The molecule has 0 amide bonds. The van der Waals surface area contributed by atoms with Crippen molar-refractivity contribution >= 4 is 5.69 Å². The highest BCUT2D eigenvalue weighted by Gasteiger charge is 2.22. The van der Waals surface area contributed by atoms with E-state index in [0.717, 1.165) is 44.9 Å². The molecule has 1 fully saturated rings. The summed E-state index contributed by atoms with van der Waals surface area (Å²) < 4.78 is 5.44. The summed E-state index contributed by atoms with van der Waals surface area (Å²) in [5.41, 5.74) is 1.17. The zero-order valence-electron chi connectivity index (χ0n) is 13.5. The molecule has 0 radical (unpaired) electrons. The largest absolute Gasteiger partial charge is 0.495 e. The molecule has 1 aliphatic rings. The van der Waals surface area contributed by atoms with Gasteiger partial charge in [-0.3, -0.25) is 4.90 Å². The van der Waals surface area contributed by atoms with E-state index in [4.69, 9.17) is 4.74 Å². The first-order chi connectivity index (χ1) is 10.2. The van der Waals surface area contributed by atoms with Gasteiger partial charge < -0.3 is 14.7 Å². The fourth-order valence-electron chi connectivity index (χ4n) is 2.78. The molecule has 0 aromatic heterocycles. The fourth-order valence-corrected chi connectivity index (χ4v) is 2.78. The highest BCUT2D eigenvalue weighted by molar-refractivity contribution is 5.58. The molecule has 1 aromatic rings. The Morgan fingerprint density at radius 2 is 1.86 bits per heavy atom. The average Bonchev–Trinajstić information content (AvgIpc) is 2.54. The molecule has 1 aliphatic heterocycles. The van der Waals surface area contributed by atoms with E-state index in [2.05, 4.69) is 35.8 Å².